The van der Waals surface area contributed by atoms with Crippen molar-refractivity contribution >= 4 is 16.9 Å². The summed E-state index contributed by atoms with van der Waals surface area (Å²) in [5.41, 5.74) is 7.90. The largest absolute Gasteiger partial charge is 0.487 e. The summed E-state index contributed by atoms with van der Waals surface area (Å²) >= 11 is 0. The molecule has 2 aromatic carbocycles. The Kier molecular flexibility index (Phi) is 5.86. The summed E-state index contributed by atoms with van der Waals surface area (Å²) in [7, 11) is 0. The summed E-state index contributed by atoms with van der Waals surface area (Å²) in [6.07, 6.45) is 5.14. The molecule has 0 saturated heterocycles. The smallest absolute Gasteiger partial charge is 0.338 e. The molecule has 0 spiro atoms. The van der Waals surface area contributed by atoms with Crippen LogP contribution in [0.5, 0.6) is 5.75 Å². The average Bonchev–Trinajstić information content (AvgIpc) is 2.78. The van der Waals surface area contributed by atoms with E-state index in [9.17, 15) is 10.0 Å². The Morgan fingerprint density at radius 1 is 1.03 bits per heavy atom. The molecule has 2 amide bonds. The number of hydroxylamine groups is 2. The van der Waals surface area contributed by atoms with Crippen LogP contribution < -0.4 is 10.5 Å². The Hall–Kier alpha value is -3.12. The molecular formula is C24H27N3O3. The number of pyridine rings is 1. The van der Waals surface area contributed by atoms with Crippen molar-refractivity contribution in [2.75, 3.05) is 6.54 Å². The highest BCUT2D eigenvalue weighted by Crippen LogP contribution is 2.40. The van der Waals surface area contributed by atoms with E-state index in [2.05, 4.69) is 11.1 Å². The molecule has 0 bridgehead atoms. The Balaban J connectivity index is 1.47. The number of carbonyl (C=O) groups is 1. The van der Waals surface area contributed by atoms with Gasteiger partial charge in [-0.15, -0.1) is 0 Å². The van der Waals surface area contributed by atoms with Crippen LogP contribution in [-0.2, 0) is 12.0 Å². The van der Waals surface area contributed by atoms with Crippen molar-refractivity contribution in [1.82, 2.24) is 10.0 Å². The summed E-state index contributed by atoms with van der Waals surface area (Å²) < 4.78 is 5.94. The standard InChI is InChI=1S/C24H27N3O3/c25-23(28)27(29)17-24(14-4-1-5-15-24)19-9-12-21(13-10-19)30-16-20-11-8-18-6-2-3-7-22(18)26-20/h2-3,6-13,29H,1,4-5,14-17H2,(H2,25,28). The van der Waals surface area contributed by atoms with Gasteiger partial charge in [0.25, 0.3) is 0 Å². The van der Waals surface area contributed by atoms with E-state index < -0.39 is 6.03 Å². The third-order valence-corrected chi connectivity index (χ3v) is 6.03. The van der Waals surface area contributed by atoms with Gasteiger partial charge in [0.05, 0.1) is 17.8 Å². The van der Waals surface area contributed by atoms with Gasteiger partial charge >= 0.3 is 6.03 Å². The van der Waals surface area contributed by atoms with Crippen LogP contribution in [0.3, 0.4) is 0 Å². The normalized spacial score (nSPS) is 15.6. The van der Waals surface area contributed by atoms with Crippen LogP contribution in [0.2, 0.25) is 0 Å². The number of nitrogens with zero attached hydrogens (tertiary/aromatic N) is 2. The van der Waals surface area contributed by atoms with Gasteiger partial charge in [-0.1, -0.05) is 55.7 Å². The highest BCUT2D eigenvalue weighted by atomic mass is 16.5. The van der Waals surface area contributed by atoms with Gasteiger partial charge in [0.1, 0.15) is 12.4 Å². The molecule has 4 rings (SSSR count). The van der Waals surface area contributed by atoms with Gasteiger partial charge in [0.15, 0.2) is 0 Å². The van der Waals surface area contributed by atoms with Crippen LogP contribution in [0, 0.1) is 0 Å². The quantitative estimate of drug-likeness (QED) is 0.456. The zero-order valence-electron chi connectivity index (χ0n) is 17.0. The fourth-order valence-corrected chi connectivity index (χ4v) is 4.38. The van der Waals surface area contributed by atoms with E-state index in [1.807, 2.05) is 54.6 Å². The number of amides is 2. The van der Waals surface area contributed by atoms with E-state index in [4.69, 9.17) is 10.5 Å². The van der Waals surface area contributed by atoms with Gasteiger partial charge in [-0.2, -0.15) is 0 Å². The minimum atomic E-state index is -0.817. The number of rotatable bonds is 6. The molecule has 6 nitrogen and oxygen atoms in total. The van der Waals surface area contributed by atoms with E-state index in [0.29, 0.717) is 11.7 Å². The monoisotopic (exact) mass is 405 g/mol. The molecule has 1 heterocycles. The van der Waals surface area contributed by atoms with Crippen molar-refractivity contribution in [2.24, 2.45) is 5.73 Å². The molecule has 1 fully saturated rings. The van der Waals surface area contributed by atoms with Crippen molar-refractivity contribution in [1.29, 1.82) is 0 Å². The molecule has 1 saturated carbocycles. The third-order valence-electron chi connectivity index (χ3n) is 6.03. The number of aromatic nitrogens is 1. The van der Waals surface area contributed by atoms with Crippen LogP contribution in [-0.4, -0.2) is 27.8 Å². The summed E-state index contributed by atoms with van der Waals surface area (Å²) in [5.74, 6) is 0.760. The molecule has 0 atom stereocenters. The van der Waals surface area contributed by atoms with Gasteiger partial charge in [0, 0.05) is 10.8 Å². The maximum atomic E-state index is 11.4. The molecule has 1 aliphatic carbocycles. The van der Waals surface area contributed by atoms with Gasteiger partial charge in [0.2, 0.25) is 0 Å². The van der Waals surface area contributed by atoms with E-state index in [1.54, 1.807) is 0 Å². The molecule has 156 valence electrons. The molecule has 0 radical (unpaired) electrons. The number of primary amides is 1. The second kappa shape index (κ2) is 8.71. The summed E-state index contributed by atoms with van der Waals surface area (Å²) in [4.78, 5) is 16.0. The number of para-hydroxylation sites is 1. The molecule has 0 unspecified atom stereocenters. The van der Waals surface area contributed by atoms with Gasteiger partial charge in [-0.25, -0.2) is 14.8 Å². The number of urea groups is 1. The Morgan fingerprint density at radius 2 is 1.77 bits per heavy atom. The minimum Gasteiger partial charge on any atom is -0.487 e. The number of nitrogens with two attached hydrogens (primary N) is 1. The number of ether oxygens (including phenoxy) is 1. The zero-order valence-corrected chi connectivity index (χ0v) is 17.0. The predicted octanol–water partition coefficient (Wildman–Crippen LogP) is 4.79. The van der Waals surface area contributed by atoms with Crippen molar-refractivity contribution < 1.29 is 14.7 Å². The van der Waals surface area contributed by atoms with Gasteiger partial charge in [-0.3, -0.25) is 5.21 Å². The maximum absolute atomic E-state index is 11.4. The highest BCUT2D eigenvalue weighted by molar-refractivity contribution is 5.78. The first kappa shape index (κ1) is 20.2. The Bertz CT molecular complexity index is 1010. The second-order valence-electron chi connectivity index (χ2n) is 8.05. The molecule has 3 N–H and O–H groups in total. The van der Waals surface area contributed by atoms with E-state index in [-0.39, 0.29) is 12.0 Å². The lowest BCUT2D eigenvalue weighted by atomic mass is 9.69. The number of carbonyl (C=O) groups excluding carboxylic acids is 1. The Morgan fingerprint density at radius 3 is 2.50 bits per heavy atom. The lowest BCUT2D eigenvalue weighted by Crippen LogP contribution is -2.45. The molecule has 30 heavy (non-hydrogen) atoms. The van der Waals surface area contributed by atoms with Crippen molar-refractivity contribution in [2.45, 2.75) is 44.1 Å². The van der Waals surface area contributed by atoms with Crippen LogP contribution >= 0.6 is 0 Å². The fourth-order valence-electron chi connectivity index (χ4n) is 4.38. The second-order valence-corrected chi connectivity index (χ2v) is 8.05. The molecule has 1 aliphatic rings. The SMILES string of the molecule is NC(=O)N(O)CC1(c2ccc(OCc3ccc4ccccc4n3)cc2)CCCCC1. The molecular weight excluding hydrogens is 378 g/mol. The molecule has 1 aromatic heterocycles. The summed E-state index contributed by atoms with van der Waals surface area (Å²) in [5, 5.41) is 11.7. The number of hydrogen-bond acceptors (Lipinski definition) is 4. The van der Waals surface area contributed by atoms with Crippen LogP contribution in [0.4, 0.5) is 4.79 Å². The Labute approximate surface area is 176 Å². The van der Waals surface area contributed by atoms with E-state index in [0.717, 1.165) is 53.6 Å². The first-order valence-corrected chi connectivity index (χ1v) is 10.4. The van der Waals surface area contributed by atoms with E-state index in [1.165, 1.54) is 6.42 Å². The number of benzene rings is 2. The zero-order chi connectivity index (χ0) is 21.0. The third kappa shape index (κ3) is 4.39. The maximum Gasteiger partial charge on any atom is 0.338 e. The topological polar surface area (TPSA) is 88.7 Å². The molecule has 0 aliphatic heterocycles. The van der Waals surface area contributed by atoms with Crippen LogP contribution in [0.25, 0.3) is 10.9 Å². The average molecular weight is 405 g/mol. The highest BCUT2D eigenvalue weighted by Gasteiger charge is 2.36. The van der Waals surface area contributed by atoms with Crippen molar-refractivity contribution in [3.63, 3.8) is 0 Å². The van der Waals surface area contributed by atoms with Crippen LogP contribution in [0.15, 0.2) is 60.7 Å². The lowest BCUT2D eigenvalue weighted by molar-refractivity contribution is -0.0603. The molecule has 3 aromatic rings. The fraction of sp³-hybridized carbons (Fsp3) is 0.333. The van der Waals surface area contributed by atoms with Gasteiger partial charge in [-0.05, 0) is 42.7 Å². The lowest BCUT2D eigenvalue weighted by Gasteiger charge is -2.39. The number of fused-ring (bicyclic) bond motifs is 1. The predicted molar refractivity (Wildman–Crippen MR) is 115 cm³/mol. The van der Waals surface area contributed by atoms with E-state index >= 15 is 0 Å². The minimum absolute atomic E-state index is 0.212. The number of hydrogen-bond donors (Lipinski definition) is 2. The first-order valence-electron chi connectivity index (χ1n) is 10.4. The summed E-state index contributed by atoms with van der Waals surface area (Å²) in [6, 6.07) is 19.2. The summed E-state index contributed by atoms with van der Waals surface area (Å²) in [6.45, 7) is 0.602. The first-order chi connectivity index (χ1) is 14.6. The molecule has 6 heteroatoms. The van der Waals surface area contributed by atoms with Crippen LogP contribution in [0.1, 0.15) is 43.4 Å². The van der Waals surface area contributed by atoms with Crippen molar-refractivity contribution in [3.05, 3.63) is 71.9 Å². The van der Waals surface area contributed by atoms with Crippen molar-refractivity contribution in [3.8, 4) is 5.75 Å². The van der Waals surface area contributed by atoms with Gasteiger partial charge < -0.3 is 10.5 Å².